The second kappa shape index (κ2) is 21.7. The molecule has 12 heteroatoms. The minimum absolute atomic E-state index is 0.327. The van der Waals surface area contributed by atoms with E-state index in [4.69, 9.17) is 36.0 Å². The lowest BCUT2D eigenvalue weighted by Crippen LogP contribution is -2.46. The van der Waals surface area contributed by atoms with E-state index >= 15 is 0 Å². The molecule has 0 aromatic heterocycles. The Morgan fingerprint density at radius 2 is 0.972 bits per heavy atom. The zero-order valence-electron chi connectivity index (χ0n) is 23.6. The Morgan fingerprint density at radius 3 is 1.31 bits per heavy atom. The maximum absolute atomic E-state index is 11.2. The molecule has 0 N–H and O–H groups in total. The van der Waals surface area contributed by atoms with Crippen LogP contribution in [0.15, 0.2) is 24.3 Å². The number of rotatable bonds is 20. The molecule has 0 aliphatic rings. The number of carbonyl (C=O) groups excluding carboxylic acids is 2. The Morgan fingerprint density at radius 1 is 0.611 bits per heavy atom. The van der Waals surface area contributed by atoms with Crippen LogP contribution in [0.5, 0.6) is 0 Å². The third-order valence-electron chi connectivity index (χ3n) is 4.69. The van der Waals surface area contributed by atoms with E-state index in [0.29, 0.717) is 62.7 Å². The van der Waals surface area contributed by atoms with E-state index in [2.05, 4.69) is 13.2 Å². The molecular formula is C24H48O10Si2. The molecule has 0 aromatic carbocycles. The second-order valence-corrected chi connectivity index (χ2v) is 13.5. The number of carbonyl (C=O) groups is 2. The molecule has 0 rings (SSSR count). The second-order valence-electron chi connectivity index (χ2n) is 7.67. The van der Waals surface area contributed by atoms with Crippen LogP contribution < -0.4 is 0 Å². The lowest BCUT2D eigenvalue weighted by molar-refractivity contribution is -0.139. The average molecular weight is 553 g/mol. The van der Waals surface area contributed by atoms with Gasteiger partial charge in [-0.15, -0.1) is 0 Å². The van der Waals surface area contributed by atoms with Crippen molar-refractivity contribution in [3.05, 3.63) is 24.3 Å². The fourth-order valence-electron chi connectivity index (χ4n) is 2.87. The van der Waals surface area contributed by atoms with Gasteiger partial charge >= 0.3 is 29.5 Å². The van der Waals surface area contributed by atoms with E-state index in [-0.39, 0.29) is 11.9 Å². The van der Waals surface area contributed by atoms with Crippen LogP contribution in [0.4, 0.5) is 0 Å². The summed E-state index contributed by atoms with van der Waals surface area (Å²) in [7, 11) is -0.332. The van der Waals surface area contributed by atoms with Crippen molar-refractivity contribution in [3.63, 3.8) is 0 Å². The summed E-state index contributed by atoms with van der Waals surface area (Å²) in [5.74, 6) is -0.713. The highest BCUT2D eigenvalue weighted by Gasteiger charge is 2.39. The van der Waals surface area contributed by atoms with E-state index in [1.165, 1.54) is 0 Å². The number of esters is 2. The highest BCUT2D eigenvalue weighted by atomic mass is 28.4. The normalized spacial score (nSPS) is 11.3. The van der Waals surface area contributed by atoms with Crippen LogP contribution in [0.25, 0.3) is 0 Å². The van der Waals surface area contributed by atoms with Crippen molar-refractivity contribution in [1.29, 1.82) is 0 Å². The third kappa shape index (κ3) is 16.4. The maximum atomic E-state index is 11.2. The van der Waals surface area contributed by atoms with Crippen molar-refractivity contribution >= 4 is 29.5 Å². The van der Waals surface area contributed by atoms with Gasteiger partial charge in [-0.05, 0) is 53.9 Å². The molecule has 0 fully saturated rings. The minimum atomic E-state index is -2.61. The first-order chi connectivity index (χ1) is 17.0. The van der Waals surface area contributed by atoms with E-state index in [0.717, 1.165) is 12.8 Å². The molecule has 0 amide bonds. The van der Waals surface area contributed by atoms with Gasteiger partial charge in [-0.25, -0.2) is 9.59 Å². The molecule has 36 heavy (non-hydrogen) atoms. The van der Waals surface area contributed by atoms with Crippen molar-refractivity contribution < 1.29 is 45.6 Å². The minimum Gasteiger partial charge on any atom is -0.462 e. The standard InChI is InChI=1S/C13H26O5Si.C11H22O5Si/c1-6-16-19(17-7-2,18-8-3)11-9-10-15-13(14)12(4)5;1-10(2)11(12)16-8-6-7-9-17(13-3,14-4)15-5/h4,6-11H2,1-3,5H3;1,6-9H2,2-5H3. The molecule has 0 bridgehead atoms. The summed E-state index contributed by atoms with van der Waals surface area (Å²) >= 11 is 0. The molecule has 0 saturated carbocycles. The van der Waals surface area contributed by atoms with Gasteiger partial charge in [-0.3, -0.25) is 0 Å². The van der Waals surface area contributed by atoms with Crippen LogP contribution in [0.1, 0.15) is 53.9 Å². The lowest BCUT2D eigenvalue weighted by Gasteiger charge is -2.28. The molecule has 0 unspecified atom stereocenters. The smallest absolute Gasteiger partial charge is 0.462 e. The highest BCUT2D eigenvalue weighted by molar-refractivity contribution is 6.61. The fraction of sp³-hybridized carbons (Fsp3) is 0.750. The Kier molecular flexibility index (Phi) is 22.1. The fourth-order valence-corrected chi connectivity index (χ4v) is 7.24. The largest absolute Gasteiger partial charge is 0.501 e. The zero-order valence-corrected chi connectivity index (χ0v) is 25.6. The molecule has 10 nitrogen and oxygen atoms in total. The van der Waals surface area contributed by atoms with Crippen LogP contribution in [0.2, 0.25) is 12.1 Å². The van der Waals surface area contributed by atoms with Crippen molar-refractivity contribution in [3.8, 4) is 0 Å². The number of ether oxygens (including phenoxy) is 2. The molecule has 0 saturated heterocycles. The van der Waals surface area contributed by atoms with Crippen LogP contribution in [0.3, 0.4) is 0 Å². The molecule has 212 valence electrons. The lowest BCUT2D eigenvalue weighted by atomic mass is 10.3. The molecule has 0 heterocycles. The number of hydrogen-bond acceptors (Lipinski definition) is 10. The van der Waals surface area contributed by atoms with E-state index in [9.17, 15) is 9.59 Å². The van der Waals surface area contributed by atoms with Gasteiger partial charge in [-0.2, -0.15) is 0 Å². The van der Waals surface area contributed by atoms with Gasteiger partial charge in [0.2, 0.25) is 0 Å². The van der Waals surface area contributed by atoms with Gasteiger partial charge in [0, 0.05) is 64.4 Å². The number of unbranched alkanes of at least 4 members (excludes halogenated alkanes) is 1. The topological polar surface area (TPSA) is 108 Å². The average Bonchev–Trinajstić information content (AvgIpc) is 2.85. The molecule has 0 spiro atoms. The van der Waals surface area contributed by atoms with E-state index in [1.807, 2.05) is 20.8 Å². The van der Waals surface area contributed by atoms with Crippen LogP contribution in [-0.4, -0.2) is 83.9 Å². The highest BCUT2D eigenvalue weighted by Crippen LogP contribution is 2.18. The van der Waals surface area contributed by atoms with Crippen LogP contribution in [0, 0.1) is 0 Å². The third-order valence-corrected chi connectivity index (χ3v) is 10.7. The van der Waals surface area contributed by atoms with Crippen molar-refractivity contribution in [2.45, 2.75) is 66.0 Å². The van der Waals surface area contributed by atoms with Gasteiger partial charge in [0.1, 0.15) is 0 Å². The summed E-state index contributed by atoms with van der Waals surface area (Å²) in [4.78, 5) is 22.3. The summed E-state index contributed by atoms with van der Waals surface area (Å²) < 4.78 is 43.0. The summed E-state index contributed by atoms with van der Waals surface area (Å²) in [6.45, 7) is 18.4. The van der Waals surface area contributed by atoms with Crippen LogP contribution >= 0.6 is 0 Å². The monoisotopic (exact) mass is 552 g/mol. The first kappa shape index (κ1) is 36.8. The van der Waals surface area contributed by atoms with E-state index in [1.54, 1.807) is 35.2 Å². The first-order valence-corrected chi connectivity index (χ1v) is 16.1. The summed E-state index contributed by atoms with van der Waals surface area (Å²) in [6, 6.07) is 1.35. The molecule has 0 radical (unpaired) electrons. The quantitative estimate of drug-likeness (QED) is 0.0938. The predicted molar refractivity (Wildman–Crippen MR) is 142 cm³/mol. The molecule has 0 aromatic rings. The predicted octanol–water partition coefficient (Wildman–Crippen LogP) is 4.31. The summed E-state index contributed by atoms with van der Waals surface area (Å²) in [5, 5.41) is 0. The molecule has 0 aliphatic heterocycles. The Bertz CT molecular complexity index is 613. The molecular weight excluding hydrogens is 504 g/mol. The van der Waals surface area contributed by atoms with Gasteiger partial charge in [-0.1, -0.05) is 13.2 Å². The van der Waals surface area contributed by atoms with Gasteiger partial charge in [0.25, 0.3) is 0 Å². The Hall–Kier alpha value is -1.39. The zero-order chi connectivity index (χ0) is 28.0. The number of hydrogen-bond donors (Lipinski definition) is 0. The van der Waals surface area contributed by atoms with Crippen molar-refractivity contribution in [2.24, 2.45) is 0 Å². The molecule has 0 atom stereocenters. The van der Waals surface area contributed by atoms with Gasteiger partial charge in [0.15, 0.2) is 0 Å². The summed E-state index contributed by atoms with van der Waals surface area (Å²) in [5.41, 5.74) is 0.822. The van der Waals surface area contributed by atoms with Gasteiger partial charge in [0.05, 0.1) is 13.2 Å². The van der Waals surface area contributed by atoms with Crippen molar-refractivity contribution in [2.75, 3.05) is 54.4 Å². The van der Waals surface area contributed by atoms with Gasteiger partial charge < -0.3 is 36.0 Å². The van der Waals surface area contributed by atoms with Crippen molar-refractivity contribution in [1.82, 2.24) is 0 Å². The Labute approximate surface area is 219 Å². The maximum Gasteiger partial charge on any atom is 0.501 e. The first-order valence-electron chi connectivity index (χ1n) is 12.2. The SMILES string of the molecule is C=C(C)C(=O)OCCCC[Si](OC)(OC)OC.C=C(C)C(=O)OCCC[Si](OCC)(OCC)OCC. The Balaban J connectivity index is 0. The summed E-state index contributed by atoms with van der Waals surface area (Å²) in [6.07, 6.45) is 2.24. The van der Waals surface area contributed by atoms with E-state index < -0.39 is 17.6 Å². The van der Waals surface area contributed by atoms with Crippen LogP contribution in [-0.2, 0) is 45.6 Å². The molecule has 0 aliphatic carbocycles.